The first-order valence-corrected chi connectivity index (χ1v) is 17.9. The molecule has 0 radical (unpaired) electrons. The van der Waals surface area contributed by atoms with Crippen molar-refractivity contribution in [2.75, 3.05) is 9.80 Å². The van der Waals surface area contributed by atoms with Crippen LogP contribution in [0.2, 0.25) is 0 Å². The van der Waals surface area contributed by atoms with Gasteiger partial charge >= 0.3 is 0 Å². The zero-order chi connectivity index (χ0) is 34.8. The summed E-state index contributed by atoms with van der Waals surface area (Å²) in [7, 11) is 0. The summed E-state index contributed by atoms with van der Waals surface area (Å²) >= 11 is 0. The zero-order valence-electron chi connectivity index (χ0n) is 29.1. The molecule has 0 saturated heterocycles. The largest absolute Gasteiger partial charge is 0.453 e. The van der Waals surface area contributed by atoms with Crippen molar-refractivity contribution in [2.45, 2.75) is 19.3 Å². The molecular formula is C49H36N2O. The third-order valence-corrected chi connectivity index (χ3v) is 10.8. The molecule has 3 heteroatoms. The van der Waals surface area contributed by atoms with Gasteiger partial charge in [-0.1, -0.05) is 135 Å². The van der Waals surface area contributed by atoms with Crippen molar-refractivity contribution in [3.05, 3.63) is 193 Å². The summed E-state index contributed by atoms with van der Waals surface area (Å²) in [6.07, 6.45) is 0. The van der Waals surface area contributed by atoms with Gasteiger partial charge in [-0.2, -0.15) is 0 Å². The predicted molar refractivity (Wildman–Crippen MR) is 216 cm³/mol. The zero-order valence-corrected chi connectivity index (χ0v) is 29.1. The highest BCUT2D eigenvalue weighted by molar-refractivity contribution is 6.06. The highest BCUT2D eigenvalue weighted by Gasteiger charge is 2.42. The topological polar surface area (TPSA) is 15.7 Å². The molecule has 0 fully saturated rings. The highest BCUT2D eigenvalue weighted by atomic mass is 16.5. The number of anilines is 6. The maximum absolute atomic E-state index is 6.91. The molecule has 0 N–H and O–H groups in total. The van der Waals surface area contributed by atoms with Gasteiger partial charge in [-0.15, -0.1) is 0 Å². The van der Waals surface area contributed by atoms with Crippen LogP contribution >= 0.6 is 0 Å². The van der Waals surface area contributed by atoms with E-state index < -0.39 is 0 Å². The van der Waals surface area contributed by atoms with E-state index in [9.17, 15) is 0 Å². The van der Waals surface area contributed by atoms with Gasteiger partial charge in [0.15, 0.2) is 11.5 Å². The van der Waals surface area contributed by atoms with Gasteiger partial charge in [0.1, 0.15) is 0 Å². The minimum atomic E-state index is -0.257. The van der Waals surface area contributed by atoms with Crippen LogP contribution in [0.4, 0.5) is 34.1 Å². The minimum Gasteiger partial charge on any atom is -0.453 e. The van der Waals surface area contributed by atoms with Crippen LogP contribution in [0.3, 0.4) is 0 Å². The summed E-state index contributed by atoms with van der Waals surface area (Å²) in [6.45, 7) is 4.68. The maximum atomic E-state index is 6.91. The van der Waals surface area contributed by atoms with Crippen LogP contribution in [0.15, 0.2) is 182 Å². The van der Waals surface area contributed by atoms with Crippen LogP contribution < -0.4 is 14.5 Å². The van der Waals surface area contributed by atoms with Gasteiger partial charge in [-0.3, -0.25) is 0 Å². The van der Waals surface area contributed by atoms with Crippen molar-refractivity contribution in [1.82, 2.24) is 0 Å². The molecule has 0 amide bonds. The van der Waals surface area contributed by atoms with E-state index in [0.29, 0.717) is 0 Å². The second-order valence-corrected chi connectivity index (χ2v) is 14.2. The second kappa shape index (κ2) is 11.8. The fourth-order valence-corrected chi connectivity index (χ4v) is 8.20. The Labute approximate surface area is 304 Å². The predicted octanol–water partition coefficient (Wildman–Crippen LogP) is 13.9. The Balaban J connectivity index is 1.13. The Morgan fingerprint density at radius 2 is 1.10 bits per heavy atom. The van der Waals surface area contributed by atoms with Gasteiger partial charge < -0.3 is 14.5 Å². The van der Waals surface area contributed by atoms with Gasteiger partial charge in [0.2, 0.25) is 0 Å². The first-order valence-electron chi connectivity index (χ1n) is 17.9. The fourth-order valence-electron chi connectivity index (χ4n) is 8.20. The molecule has 0 unspecified atom stereocenters. The van der Waals surface area contributed by atoms with Crippen molar-refractivity contribution in [2.24, 2.45) is 0 Å². The van der Waals surface area contributed by atoms with Crippen molar-refractivity contribution in [3.8, 4) is 33.8 Å². The average molecular weight is 669 g/mol. The number of para-hydroxylation sites is 2. The van der Waals surface area contributed by atoms with E-state index in [-0.39, 0.29) is 5.41 Å². The van der Waals surface area contributed by atoms with E-state index in [1.807, 2.05) is 0 Å². The molecule has 0 spiro atoms. The lowest BCUT2D eigenvalue weighted by Crippen LogP contribution is -2.32. The summed E-state index contributed by atoms with van der Waals surface area (Å²) in [4.78, 5) is 4.78. The fraction of sp³-hybridized carbons (Fsp3) is 0.0612. The number of hydrogen-bond acceptors (Lipinski definition) is 3. The average Bonchev–Trinajstić information content (AvgIpc) is 3.20. The third kappa shape index (κ3) is 4.74. The smallest absolute Gasteiger partial charge is 0.152 e. The summed E-state index contributed by atoms with van der Waals surface area (Å²) in [6, 6.07) is 65.2. The van der Waals surface area contributed by atoms with Crippen LogP contribution in [0.1, 0.15) is 25.0 Å². The number of nitrogens with zero attached hydrogens (tertiary/aromatic N) is 2. The lowest BCUT2D eigenvalue weighted by molar-refractivity contribution is 0.472. The normalized spacial score (nSPS) is 13.5. The molecule has 0 saturated carbocycles. The summed E-state index contributed by atoms with van der Waals surface area (Å²) in [5, 5.41) is 2.38. The van der Waals surface area contributed by atoms with E-state index in [0.717, 1.165) is 51.1 Å². The summed E-state index contributed by atoms with van der Waals surface area (Å²) in [5.41, 5.74) is 13.7. The summed E-state index contributed by atoms with van der Waals surface area (Å²) in [5.74, 6) is 1.74. The SMILES string of the molecule is CC1(C)c2ccccc2N2c3c(cc(-c4cccc(N(c5ccccc5)c5ccc(-c6ccccc6)cc5)c4)cc31)Oc1ccc3ccccc3c12. The van der Waals surface area contributed by atoms with E-state index >= 15 is 0 Å². The molecule has 0 bridgehead atoms. The lowest BCUT2D eigenvalue weighted by Gasteiger charge is -2.45. The first kappa shape index (κ1) is 30.3. The van der Waals surface area contributed by atoms with Crippen molar-refractivity contribution in [1.29, 1.82) is 0 Å². The van der Waals surface area contributed by atoms with Crippen molar-refractivity contribution >= 4 is 44.9 Å². The molecule has 0 aliphatic carbocycles. The van der Waals surface area contributed by atoms with Gasteiger partial charge in [-0.05, 0) is 99.4 Å². The number of benzene rings is 8. The molecule has 10 rings (SSSR count). The standard InChI is InChI=1S/C49H36N2O/c1-49(2)42-22-11-12-23-44(42)51-47-41-21-10-9-16-35(41)26-29-45(47)52-46-32-37(31-43(49)48(46)51)36-17-13-20-40(30-36)50(38-18-7-4-8-19-38)39-27-24-34(25-28-39)33-14-5-3-6-15-33/h3-32H,1-2H3. The lowest BCUT2D eigenvalue weighted by atomic mass is 9.72. The van der Waals surface area contributed by atoms with Gasteiger partial charge in [0, 0.05) is 27.9 Å². The van der Waals surface area contributed by atoms with Gasteiger partial charge in [0.05, 0.1) is 17.1 Å². The van der Waals surface area contributed by atoms with Crippen molar-refractivity contribution in [3.63, 3.8) is 0 Å². The van der Waals surface area contributed by atoms with Crippen LogP contribution in [0.25, 0.3) is 33.0 Å². The molecular weight excluding hydrogens is 633 g/mol. The van der Waals surface area contributed by atoms with Crippen LogP contribution in [-0.2, 0) is 5.41 Å². The van der Waals surface area contributed by atoms with E-state index in [4.69, 9.17) is 4.74 Å². The quantitative estimate of drug-likeness (QED) is 0.182. The van der Waals surface area contributed by atoms with E-state index in [2.05, 4.69) is 206 Å². The van der Waals surface area contributed by atoms with Gasteiger partial charge in [0.25, 0.3) is 0 Å². The molecule has 2 heterocycles. The molecule has 2 aliphatic heterocycles. The first-order chi connectivity index (χ1) is 25.5. The van der Waals surface area contributed by atoms with Crippen LogP contribution in [0, 0.1) is 0 Å². The van der Waals surface area contributed by atoms with E-state index in [1.54, 1.807) is 0 Å². The summed E-state index contributed by atoms with van der Waals surface area (Å²) < 4.78 is 6.91. The van der Waals surface area contributed by atoms with Crippen LogP contribution in [0.5, 0.6) is 11.5 Å². The molecule has 0 atom stereocenters. The number of ether oxygens (including phenoxy) is 1. The molecule has 8 aromatic rings. The molecule has 3 nitrogen and oxygen atoms in total. The second-order valence-electron chi connectivity index (χ2n) is 14.2. The molecule has 2 aliphatic rings. The Morgan fingerprint density at radius 1 is 0.442 bits per heavy atom. The molecule has 52 heavy (non-hydrogen) atoms. The molecule has 248 valence electrons. The number of fused-ring (bicyclic) bond motifs is 6. The van der Waals surface area contributed by atoms with Crippen LogP contribution in [-0.4, -0.2) is 0 Å². The third-order valence-electron chi connectivity index (χ3n) is 10.8. The highest BCUT2D eigenvalue weighted by Crippen LogP contribution is 2.61. The monoisotopic (exact) mass is 668 g/mol. The number of hydrogen-bond donors (Lipinski definition) is 0. The maximum Gasteiger partial charge on any atom is 0.152 e. The Morgan fingerprint density at radius 3 is 1.92 bits per heavy atom. The molecule has 8 aromatic carbocycles. The van der Waals surface area contributed by atoms with Crippen molar-refractivity contribution < 1.29 is 4.74 Å². The van der Waals surface area contributed by atoms with E-state index in [1.165, 1.54) is 38.7 Å². The Kier molecular flexibility index (Phi) is 6.84. The van der Waals surface area contributed by atoms with Gasteiger partial charge in [-0.25, -0.2) is 0 Å². The Hall–Kier alpha value is -6.58. The number of rotatable bonds is 5. The molecule has 0 aromatic heterocycles. The minimum absolute atomic E-state index is 0.257. The Bertz CT molecular complexity index is 2630.